The lowest BCUT2D eigenvalue weighted by molar-refractivity contribution is -0.141. The van der Waals surface area contributed by atoms with Crippen molar-refractivity contribution in [2.45, 2.75) is 65.5 Å². The van der Waals surface area contributed by atoms with Gasteiger partial charge in [0.15, 0.2) is 35.5 Å². The summed E-state index contributed by atoms with van der Waals surface area (Å²) in [6.07, 6.45) is 2.24. The average molecular weight is 501 g/mol. The Kier molecular flexibility index (Phi) is 8.03. The second-order valence-electron chi connectivity index (χ2n) is 9.54. The number of ether oxygens (including phenoxy) is 3. The molecule has 1 fully saturated rings. The Morgan fingerprint density at radius 3 is 2.64 bits per heavy atom. The molecular weight excluding hydrogens is 467 g/mol. The smallest absolute Gasteiger partial charge is 0.302 e. The summed E-state index contributed by atoms with van der Waals surface area (Å²) in [5.74, 6) is -0.0974. The largest absolute Gasteiger partial charge is 0.484 e. The fourth-order valence-corrected chi connectivity index (χ4v) is 4.24. The van der Waals surface area contributed by atoms with E-state index < -0.39 is 5.82 Å². The highest BCUT2D eigenvalue weighted by atomic mass is 19.1. The molecule has 194 valence electrons. The Bertz CT molecular complexity index is 1110. The molecule has 0 radical (unpaired) electrons. The second-order valence-corrected chi connectivity index (χ2v) is 9.54. The van der Waals surface area contributed by atoms with Crippen LogP contribution < -0.4 is 9.64 Å². The highest BCUT2D eigenvalue weighted by molar-refractivity contribution is 5.98. The van der Waals surface area contributed by atoms with Crippen molar-refractivity contribution in [3.05, 3.63) is 47.2 Å². The summed E-state index contributed by atoms with van der Waals surface area (Å²) in [6.45, 7) is 6.59. The molecule has 0 saturated carbocycles. The van der Waals surface area contributed by atoms with Crippen LogP contribution in [0.25, 0.3) is 0 Å². The predicted octanol–water partition coefficient (Wildman–Crippen LogP) is 3.70. The van der Waals surface area contributed by atoms with Crippen LogP contribution in [0, 0.1) is 11.7 Å². The zero-order chi connectivity index (χ0) is 25.8. The van der Waals surface area contributed by atoms with E-state index in [9.17, 15) is 14.0 Å². The number of hydrogen-bond donors (Lipinski definition) is 0. The van der Waals surface area contributed by atoms with Crippen molar-refractivity contribution in [1.82, 2.24) is 14.9 Å². The van der Waals surface area contributed by atoms with Crippen molar-refractivity contribution in [3.63, 3.8) is 0 Å². The summed E-state index contributed by atoms with van der Waals surface area (Å²) in [4.78, 5) is 37.4. The first-order valence-electron chi connectivity index (χ1n) is 12.4. The van der Waals surface area contributed by atoms with Crippen LogP contribution >= 0.6 is 0 Å². The van der Waals surface area contributed by atoms with Crippen molar-refractivity contribution in [2.75, 3.05) is 25.1 Å². The molecule has 0 aliphatic carbocycles. The zero-order valence-corrected chi connectivity index (χ0v) is 21.2. The normalized spacial score (nSPS) is 18.6. The number of amides is 1. The Morgan fingerprint density at radius 1 is 1.14 bits per heavy atom. The number of esters is 1. The van der Waals surface area contributed by atoms with Crippen molar-refractivity contribution in [2.24, 2.45) is 5.92 Å². The van der Waals surface area contributed by atoms with Crippen LogP contribution in [0.3, 0.4) is 0 Å². The molecule has 0 bridgehead atoms. The summed E-state index contributed by atoms with van der Waals surface area (Å²) < 4.78 is 30.8. The maximum absolute atomic E-state index is 14.2. The number of rotatable bonds is 11. The number of epoxide rings is 1. The van der Waals surface area contributed by atoms with E-state index in [1.54, 1.807) is 30.1 Å². The first kappa shape index (κ1) is 25.8. The molecule has 4 rings (SSSR count). The fourth-order valence-electron chi connectivity index (χ4n) is 4.24. The van der Waals surface area contributed by atoms with Crippen molar-refractivity contribution < 1.29 is 28.2 Å². The number of para-hydroxylation sites is 1. The highest BCUT2D eigenvalue weighted by Crippen LogP contribution is 2.38. The van der Waals surface area contributed by atoms with E-state index in [-0.39, 0.29) is 36.7 Å². The molecule has 2 aromatic rings. The van der Waals surface area contributed by atoms with Crippen molar-refractivity contribution in [1.29, 1.82) is 0 Å². The van der Waals surface area contributed by atoms with Gasteiger partial charge >= 0.3 is 5.97 Å². The number of halogens is 1. The third kappa shape index (κ3) is 5.92. The van der Waals surface area contributed by atoms with Gasteiger partial charge in [-0.1, -0.05) is 26.0 Å². The SMILES string of the molecule is CC(=O)OCCCCCc1nc2c(nc1COc1ccccc1F)N(CC(C)C)C1OC1N(C)C2=O. The van der Waals surface area contributed by atoms with E-state index >= 15 is 0 Å². The lowest BCUT2D eigenvalue weighted by Gasteiger charge is -2.25. The predicted molar refractivity (Wildman–Crippen MR) is 130 cm³/mol. The Labute approximate surface area is 210 Å². The monoisotopic (exact) mass is 500 g/mol. The first-order chi connectivity index (χ1) is 17.3. The highest BCUT2D eigenvalue weighted by Gasteiger charge is 2.53. The van der Waals surface area contributed by atoms with Gasteiger partial charge in [0.25, 0.3) is 5.91 Å². The van der Waals surface area contributed by atoms with Crippen molar-refractivity contribution >= 4 is 17.7 Å². The molecule has 3 heterocycles. The summed E-state index contributed by atoms with van der Waals surface area (Å²) in [5.41, 5.74) is 1.49. The molecule has 2 aliphatic rings. The van der Waals surface area contributed by atoms with Crippen LogP contribution in [0.5, 0.6) is 5.75 Å². The maximum Gasteiger partial charge on any atom is 0.302 e. The number of benzene rings is 1. The number of carbonyl (C=O) groups excluding carboxylic acids is 2. The molecule has 9 nitrogen and oxygen atoms in total. The van der Waals surface area contributed by atoms with Gasteiger partial charge in [-0.15, -0.1) is 0 Å². The zero-order valence-electron chi connectivity index (χ0n) is 21.2. The number of aryl methyl sites for hydroxylation is 1. The molecule has 10 heteroatoms. The fraction of sp³-hybridized carbons (Fsp3) is 0.538. The number of aromatic nitrogens is 2. The molecule has 1 amide bonds. The number of hydrogen-bond acceptors (Lipinski definition) is 8. The van der Waals surface area contributed by atoms with E-state index in [0.717, 1.165) is 19.3 Å². The molecule has 36 heavy (non-hydrogen) atoms. The van der Waals surface area contributed by atoms with Gasteiger partial charge in [0.1, 0.15) is 12.3 Å². The number of fused-ring (bicyclic) bond motifs is 2. The van der Waals surface area contributed by atoms with E-state index in [0.29, 0.717) is 48.4 Å². The number of likely N-dealkylation sites (N-methyl/N-ethyl adjacent to an activating group) is 1. The lowest BCUT2D eigenvalue weighted by atomic mass is 10.1. The van der Waals surface area contributed by atoms with Gasteiger partial charge in [-0.3, -0.25) is 9.59 Å². The van der Waals surface area contributed by atoms with Gasteiger partial charge in [-0.25, -0.2) is 14.4 Å². The number of anilines is 1. The molecule has 1 aromatic carbocycles. The molecule has 1 aromatic heterocycles. The van der Waals surface area contributed by atoms with Gasteiger partial charge < -0.3 is 24.0 Å². The summed E-state index contributed by atoms with van der Waals surface area (Å²) in [6, 6.07) is 6.21. The number of unbranched alkanes of at least 4 members (excludes halogenated alkanes) is 2. The van der Waals surface area contributed by atoms with Crippen LogP contribution in [0.1, 0.15) is 61.9 Å². The molecule has 0 spiro atoms. The van der Waals surface area contributed by atoms with Crippen LogP contribution in [-0.2, 0) is 27.3 Å². The summed E-state index contributed by atoms with van der Waals surface area (Å²) in [5, 5.41) is 0. The molecule has 0 N–H and O–H groups in total. The Hall–Kier alpha value is -3.27. The van der Waals surface area contributed by atoms with E-state index in [1.165, 1.54) is 13.0 Å². The third-order valence-electron chi connectivity index (χ3n) is 6.09. The van der Waals surface area contributed by atoms with Crippen LogP contribution in [0.15, 0.2) is 24.3 Å². The van der Waals surface area contributed by atoms with Gasteiger partial charge in [-0.05, 0) is 43.7 Å². The standard InChI is InChI=1S/C26H33FN4O5/c1-16(2)14-31-23-22(24(33)30(4)25-26(31)36-25)28-19(11-6-5-9-13-34-17(3)32)20(29-23)15-35-21-12-8-7-10-18(21)27/h7-8,10,12,16,25-26H,5-6,9,11,13-15H2,1-4H3. The quantitative estimate of drug-likeness (QED) is 0.262. The van der Waals surface area contributed by atoms with Gasteiger partial charge in [0, 0.05) is 20.5 Å². The molecule has 2 atom stereocenters. The van der Waals surface area contributed by atoms with E-state index in [4.69, 9.17) is 24.2 Å². The minimum atomic E-state index is -0.459. The number of carbonyl (C=O) groups is 2. The van der Waals surface area contributed by atoms with Gasteiger partial charge in [0.2, 0.25) is 0 Å². The maximum atomic E-state index is 14.2. The Balaban J connectivity index is 1.62. The topological polar surface area (TPSA) is 97.4 Å². The van der Waals surface area contributed by atoms with Crippen LogP contribution in [0.4, 0.5) is 10.2 Å². The van der Waals surface area contributed by atoms with Crippen molar-refractivity contribution in [3.8, 4) is 5.75 Å². The first-order valence-corrected chi connectivity index (χ1v) is 12.4. The Morgan fingerprint density at radius 2 is 1.92 bits per heavy atom. The molecule has 2 unspecified atom stereocenters. The van der Waals surface area contributed by atoms with E-state index in [2.05, 4.69) is 13.8 Å². The van der Waals surface area contributed by atoms with E-state index in [1.807, 2.05) is 4.90 Å². The summed E-state index contributed by atoms with van der Waals surface area (Å²) in [7, 11) is 1.71. The molecule has 1 saturated heterocycles. The minimum absolute atomic E-state index is 0.0124. The summed E-state index contributed by atoms with van der Waals surface area (Å²) >= 11 is 0. The molecule has 2 aliphatic heterocycles. The minimum Gasteiger partial charge on any atom is -0.484 e. The molecular formula is C26H33FN4O5. The number of nitrogens with zero attached hydrogens (tertiary/aromatic N) is 4. The van der Waals surface area contributed by atoms with Gasteiger partial charge in [0.05, 0.1) is 12.3 Å². The van der Waals surface area contributed by atoms with Gasteiger partial charge in [-0.2, -0.15) is 0 Å². The lowest BCUT2D eigenvalue weighted by Crippen LogP contribution is -2.34. The second kappa shape index (κ2) is 11.2. The third-order valence-corrected chi connectivity index (χ3v) is 6.09. The van der Waals surface area contributed by atoms with Crippen LogP contribution in [-0.4, -0.2) is 59.4 Å². The average Bonchev–Trinajstić information content (AvgIpc) is 3.64. The van der Waals surface area contributed by atoms with Crippen LogP contribution in [0.2, 0.25) is 0 Å².